The first-order valence-electron chi connectivity index (χ1n) is 11.2. The van der Waals surface area contributed by atoms with Crippen LogP contribution in [0.3, 0.4) is 0 Å². The van der Waals surface area contributed by atoms with Crippen molar-refractivity contribution in [2.24, 2.45) is 0 Å². The zero-order chi connectivity index (χ0) is 21.4. The first-order valence-corrected chi connectivity index (χ1v) is 11.2. The van der Waals surface area contributed by atoms with Gasteiger partial charge >= 0.3 is 0 Å². The van der Waals surface area contributed by atoms with E-state index in [1.807, 2.05) is 13.1 Å². The highest BCUT2D eigenvalue weighted by Gasteiger charge is 2.25. The zero-order valence-corrected chi connectivity index (χ0v) is 17.9. The van der Waals surface area contributed by atoms with E-state index in [1.165, 1.54) is 31.4 Å². The number of nitrogens with zero attached hydrogens (tertiary/aromatic N) is 4. The van der Waals surface area contributed by atoms with E-state index < -0.39 is 0 Å². The molecule has 0 radical (unpaired) electrons. The number of benzene rings is 1. The van der Waals surface area contributed by atoms with Crippen LogP contribution in [0, 0.1) is 12.7 Å². The van der Waals surface area contributed by atoms with Crippen molar-refractivity contribution in [1.29, 1.82) is 0 Å². The summed E-state index contributed by atoms with van der Waals surface area (Å²) in [5, 5.41) is 4.59. The predicted octanol–water partition coefficient (Wildman–Crippen LogP) is 4.01. The van der Waals surface area contributed by atoms with Crippen LogP contribution in [0.4, 0.5) is 4.39 Å². The Morgan fingerprint density at radius 3 is 2.71 bits per heavy atom. The van der Waals surface area contributed by atoms with Gasteiger partial charge in [-0.15, -0.1) is 0 Å². The SMILES string of the molecule is Cc1nn(-c2ccc(F)cc2)cc1CN1CCc2nc(C3CCCCC3)[nH]c(=O)c2C1. The molecule has 1 aliphatic heterocycles. The average molecular weight is 422 g/mol. The number of aryl methyl sites for hydroxylation is 1. The van der Waals surface area contributed by atoms with E-state index in [-0.39, 0.29) is 11.4 Å². The lowest BCUT2D eigenvalue weighted by atomic mass is 9.88. The number of hydrogen-bond donors (Lipinski definition) is 1. The van der Waals surface area contributed by atoms with Gasteiger partial charge in [0, 0.05) is 43.7 Å². The van der Waals surface area contributed by atoms with Gasteiger partial charge < -0.3 is 4.98 Å². The van der Waals surface area contributed by atoms with Crippen LogP contribution >= 0.6 is 0 Å². The molecule has 6 nitrogen and oxygen atoms in total. The van der Waals surface area contributed by atoms with Crippen LogP contribution in [0.1, 0.15) is 66.4 Å². The van der Waals surface area contributed by atoms with Gasteiger partial charge in [-0.05, 0) is 44.0 Å². The topological polar surface area (TPSA) is 66.8 Å². The van der Waals surface area contributed by atoms with Gasteiger partial charge in [0.15, 0.2) is 0 Å². The van der Waals surface area contributed by atoms with Crippen molar-refractivity contribution in [2.45, 2.75) is 64.5 Å². The average Bonchev–Trinajstić information content (AvgIpc) is 3.15. The molecule has 2 aromatic heterocycles. The molecule has 1 aliphatic carbocycles. The van der Waals surface area contributed by atoms with E-state index in [2.05, 4.69) is 15.0 Å². The summed E-state index contributed by atoms with van der Waals surface area (Å²) in [5.74, 6) is 1.04. The molecule has 0 bridgehead atoms. The van der Waals surface area contributed by atoms with Gasteiger partial charge in [-0.3, -0.25) is 9.69 Å². The van der Waals surface area contributed by atoms with Crippen LogP contribution in [0.15, 0.2) is 35.3 Å². The Balaban J connectivity index is 1.32. The largest absolute Gasteiger partial charge is 0.310 e. The molecule has 3 aromatic rings. The van der Waals surface area contributed by atoms with Crippen LogP contribution in [-0.4, -0.2) is 31.2 Å². The minimum atomic E-state index is -0.259. The van der Waals surface area contributed by atoms with Crippen LogP contribution in [0.25, 0.3) is 5.69 Å². The van der Waals surface area contributed by atoms with E-state index in [9.17, 15) is 9.18 Å². The van der Waals surface area contributed by atoms with Gasteiger partial charge in [0.25, 0.3) is 5.56 Å². The van der Waals surface area contributed by atoms with E-state index in [1.54, 1.807) is 16.8 Å². The van der Waals surface area contributed by atoms with Crippen molar-refractivity contribution < 1.29 is 4.39 Å². The lowest BCUT2D eigenvalue weighted by Crippen LogP contribution is -2.36. The maximum Gasteiger partial charge on any atom is 0.255 e. The van der Waals surface area contributed by atoms with E-state index in [4.69, 9.17) is 4.98 Å². The van der Waals surface area contributed by atoms with Crippen molar-refractivity contribution in [1.82, 2.24) is 24.6 Å². The second-order valence-corrected chi connectivity index (χ2v) is 8.83. The first-order chi connectivity index (χ1) is 15.1. The Kier molecular flexibility index (Phi) is 5.44. The summed E-state index contributed by atoms with van der Waals surface area (Å²) in [4.78, 5) is 23.1. The number of rotatable bonds is 4. The molecule has 1 N–H and O–H groups in total. The standard InChI is InChI=1S/C24H28FN5O/c1-16-18(14-30(28-16)20-9-7-19(25)8-10-20)13-29-12-11-22-21(15-29)24(31)27-23(26-22)17-5-3-2-4-6-17/h7-10,14,17H,2-6,11-13,15H2,1H3,(H,26,27,31). The molecule has 1 aromatic carbocycles. The predicted molar refractivity (Wildman–Crippen MR) is 117 cm³/mol. The van der Waals surface area contributed by atoms with Crippen molar-refractivity contribution >= 4 is 0 Å². The second-order valence-electron chi connectivity index (χ2n) is 8.83. The maximum atomic E-state index is 13.2. The Hall–Kier alpha value is -2.80. The highest BCUT2D eigenvalue weighted by atomic mass is 19.1. The fraction of sp³-hybridized carbons (Fsp3) is 0.458. The molecule has 31 heavy (non-hydrogen) atoms. The van der Waals surface area contributed by atoms with E-state index >= 15 is 0 Å². The molecule has 7 heteroatoms. The van der Waals surface area contributed by atoms with Gasteiger partial charge in [-0.2, -0.15) is 5.10 Å². The third kappa shape index (κ3) is 4.19. The summed E-state index contributed by atoms with van der Waals surface area (Å²) in [6.07, 6.45) is 8.79. The van der Waals surface area contributed by atoms with Crippen molar-refractivity contribution in [3.63, 3.8) is 0 Å². The summed E-state index contributed by atoms with van der Waals surface area (Å²) in [5.41, 5.74) is 4.67. The monoisotopic (exact) mass is 421 g/mol. The van der Waals surface area contributed by atoms with Gasteiger partial charge in [0.05, 0.1) is 22.6 Å². The van der Waals surface area contributed by atoms with Crippen LogP contribution in [0.5, 0.6) is 0 Å². The third-order valence-corrected chi connectivity index (χ3v) is 6.64. The summed E-state index contributed by atoms with van der Waals surface area (Å²) in [6.45, 7) is 4.17. The second kappa shape index (κ2) is 8.38. The third-order valence-electron chi connectivity index (χ3n) is 6.64. The fourth-order valence-electron chi connectivity index (χ4n) is 4.82. The summed E-state index contributed by atoms with van der Waals surface area (Å²) < 4.78 is 15.0. The van der Waals surface area contributed by atoms with Crippen LogP contribution < -0.4 is 5.56 Å². The smallest absolute Gasteiger partial charge is 0.255 e. The number of halogens is 1. The summed E-state index contributed by atoms with van der Waals surface area (Å²) in [6, 6.07) is 6.32. The molecule has 2 aliphatic rings. The number of hydrogen-bond acceptors (Lipinski definition) is 4. The highest BCUT2D eigenvalue weighted by Crippen LogP contribution is 2.31. The van der Waals surface area contributed by atoms with Gasteiger partial charge in [-0.25, -0.2) is 14.1 Å². The van der Waals surface area contributed by atoms with Gasteiger partial charge in [0.1, 0.15) is 11.6 Å². The normalized spacial score (nSPS) is 17.6. The fourth-order valence-corrected chi connectivity index (χ4v) is 4.82. The van der Waals surface area contributed by atoms with E-state index in [0.29, 0.717) is 12.5 Å². The Morgan fingerprint density at radius 1 is 1.16 bits per heavy atom. The number of H-pyrrole nitrogens is 1. The molecule has 3 heterocycles. The minimum Gasteiger partial charge on any atom is -0.310 e. The molecule has 0 amide bonds. The Labute approximate surface area is 181 Å². The molecule has 1 saturated carbocycles. The Morgan fingerprint density at radius 2 is 1.94 bits per heavy atom. The van der Waals surface area contributed by atoms with Crippen LogP contribution in [0.2, 0.25) is 0 Å². The Bertz CT molecular complexity index is 1130. The number of aromatic amines is 1. The summed E-state index contributed by atoms with van der Waals surface area (Å²) >= 11 is 0. The van der Waals surface area contributed by atoms with Crippen molar-refractivity contribution in [3.8, 4) is 5.69 Å². The molecule has 0 spiro atoms. The highest BCUT2D eigenvalue weighted by molar-refractivity contribution is 5.33. The zero-order valence-electron chi connectivity index (χ0n) is 17.9. The lowest BCUT2D eigenvalue weighted by Gasteiger charge is -2.28. The van der Waals surface area contributed by atoms with E-state index in [0.717, 1.165) is 66.4 Å². The molecule has 0 unspecified atom stereocenters. The minimum absolute atomic E-state index is 0.0222. The number of nitrogens with one attached hydrogen (secondary N) is 1. The number of aromatic nitrogens is 4. The number of fused-ring (bicyclic) bond motifs is 1. The van der Waals surface area contributed by atoms with Gasteiger partial charge in [-0.1, -0.05) is 19.3 Å². The molecular weight excluding hydrogens is 393 g/mol. The van der Waals surface area contributed by atoms with Gasteiger partial charge in [0.2, 0.25) is 0 Å². The van der Waals surface area contributed by atoms with Crippen molar-refractivity contribution in [3.05, 3.63) is 75.0 Å². The molecule has 162 valence electrons. The molecule has 0 atom stereocenters. The maximum absolute atomic E-state index is 13.2. The molecule has 1 fully saturated rings. The van der Waals surface area contributed by atoms with Crippen molar-refractivity contribution in [2.75, 3.05) is 6.54 Å². The lowest BCUT2D eigenvalue weighted by molar-refractivity contribution is 0.240. The summed E-state index contributed by atoms with van der Waals surface area (Å²) in [7, 11) is 0. The van der Waals surface area contributed by atoms with Crippen LogP contribution in [-0.2, 0) is 19.5 Å². The first kappa shape index (κ1) is 20.1. The molecule has 5 rings (SSSR count). The molecule has 0 saturated heterocycles. The molecular formula is C24H28FN5O. The quantitative estimate of drug-likeness (QED) is 0.691.